The van der Waals surface area contributed by atoms with Crippen molar-refractivity contribution in [2.75, 3.05) is 6.61 Å². The van der Waals surface area contributed by atoms with E-state index in [4.69, 9.17) is 4.74 Å². The number of aromatic nitrogens is 1. The van der Waals surface area contributed by atoms with Gasteiger partial charge in [-0.1, -0.05) is 39.0 Å². The van der Waals surface area contributed by atoms with Crippen molar-refractivity contribution in [3.05, 3.63) is 53.8 Å². The van der Waals surface area contributed by atoms with Crippen molar-refractivity contribution in [2.24, 2.45) is 0 Å². The minimum absolute atomic E-state index is 0.00943. The number of benzene rings is 1. The fourth-order valence-corrected chi connectivity index (χ4v) is 4.93. The zero-order valence-electron chi connectivity index (χ0n) is 9.60. The summed E-state index contributed by atoms with van der Waals surface area (Å²) in [5.41, 5.74) is 2.35. The van der Waals surface area contributed by atoms with Crippen LogP contribution in [-0.2, 0) is 0 Å². The molecule has 0 aliphatic carbocycles. The average molecular weight is 354 g/mol. The molecule has 2 aliphatic heterocycles. The molecule has 0 radical (unpaired) electrons. The molecule has 0 saturated heterocycles. The van der Waals surface area contributed by atoms with E-state index in [2.05, 4.69) is 32.4 Å². The molecule has 4 rings (SSSR count). The molecule has 3 heterocycles. The average Bonchev–Trinajstić information content (AvgIpc) is 2.78. The minimum Gasteiger partial charge on any atom is -0.489 e. The van der Waals surface area contributed by atoms with E-state index in [-0.39, 0.29) is 10.8 Å². The van der Waals surface area contributed by atoms with Crippen LogP contribution in [0.5, 0.6) is 5.75 Å². The molecule has 0 bridgehead atoms. The van der Waals surface area contributed by atoms with Gasteiger partial charge in [-0.15, -0.1) is 0 Å². The third-order valence-corrected chi connectivity index (χ3v) is 5.83. The van der Waals surface area contributed by atoms with Crippen LogP contribution < -0.4 is 9.61 Å². The number of H-pyrrole nitrogens is 1. The fourth-order valence-electron chi connectivity index (χ4n) is 2.47. The van der Waals surface area contributed by atoms with Gasteiger partial charge in [-0.25, -0.2) is 0 Å². The van der Waals surface area contributed by atoms with Crippen LogP contribution in [0.1, 0.15) is 16.4 Å². The number of hydrogen-bond donors (Lipinski definition) is 1. The molecule has 1 aromatic heterocycles. The molecule has 0 saturated carbocycles. The van der Waals surface area contributed by atoms with Gasteiger partial charge in [0.1, 0.15) is 12.4 Å². The lowest BCUT2D eigenvalue weighted by molar-refractivity contribution is 0.325. The molecule has 6 heteroatoms. The van der Waals surface area contributed by atoms with Gasteiger partial charge < -0.3 is 9.72 Å². The van der Waals surface area contributed by atoms with Crippen LogP contribution in [0.25, 0.3) is 0 Å². The first-order chi connectivity index (χ1) is 9.22. The number of thiazole rings is 1. The first kappa shape index (κ1) is 11.8. The van der Waals surface area contributed by atoms with E-state index in [0.717, 1.165) is 25.7 Å². The van der Waals surface area contributed by atoms with Gasteiger partial charge in [0.2, 0.25) is 0 Å². The fraction of sp³-hybridized carbons (Fsp3) is 0.154. The van der Waals surface area contributed by atoms with Crippen molar-refractivity contribution in [1.29, 1.82) is 0 Å². The van der Waals surface area contributed by atoms with Crippen molar-refractivity contribution in [1.82, 2.24) is 4.98 Å². The maximum Gasteiger partial charge on any atom is 0.305 e. The Morgan fingerprint density at radius 2 is 2.32 bits per heavy atom. The van der Waals surface area contributed by atoms with Gasteiger partial charge >= 0.3 is 4.87 Å². The normalized spacial score (nSPS) is 19.8. The molecule has 1 N–H and O–H groups in total. The third-order valence-electron chi connectivity index (χ3n) is 3.28. The Balaban J connectivity index is 1.97. The highest BCUT2D eigenvalue weighted by Crippen LogP contribution is 2.49. The third kappa shape index (κ3) is 1.81. The van der Waals surface area contributed by atoms with E-state index < -0.39 is 0 Å². The lowest BCUT2D eigenvalue weighted by Gasteiger charge is -2.30. The smallest absolute Gasteiger partial charge is 0.305 e. The summed E-state index contributed by atoms with van der Waals surface area (Å²) in [6, 6.07) is 6.04. The van der Waals surface area contributed by atoms with E-state index >= 15 is 0 Å². The Hall–Kier alpha value is -0.980. The molecule has 2 aliphatic rings. The maximum atomic E-state index is 11.6. The zero-order chi connectivity index (χ0) is 13.0. The predicted molar refractivity (Wildman–Crippen MR) is 80.4 cm³/mol. The summed E-state index contributed by atoms with van der Waals surface area (Å²) in [6.45, 7) is 0.595. The maximum absolute atomic E-state index is 11.6. The van der Waals surface area contributed by atoms with Gasteiger partial charge in [0.25, 0.3) is 0 Å². The summed E-state index contributed by atoms with van der Waals surface area (Å²) in [5, 5.41) is 3.07. The topological polar surface area (TPSA) is 42.1 Å². The molecule has 0 spiro atoms. The molecule has 3 nitrogen and oxygen atoms in total. The van der Waals surface area contributed by atoms with Crippen LogP contribution in [0.2, 0.25) is 0 Å². The summed E-state index contributed by atoms with van der Waals surface area (Å²) in [4.78, 5) is 15.6. The second-order valence-electron chi connectivity index (χ2n) is 4.42. The number of fused-ring (bicyclic) bond motifs is 5. The monoisotopic (exact) mass is 353 g/mol. The van der Waals surface area contributed by atoms with E-state index in [9.17, 15) is 4.79 Å². The standard InChI is InChI=1S/C13H8BrNO2S2/c14-7-1-2-9-8(3-7)10-6(4-17-9)5-18-12-11(10)19-13(16)15-12/h1-3,5,10H,4H2,(H,15,16)/t10-/m0/s1. The van der Waals surface area contributed by atoms with Crippen molar-refractivity contribution in [3.63, 3.8) is 0 Å². The van der Waals surface area contributed by atoms with Crippen molar-refractivity contribution in [2.45, 2.75) is 10.9 Å². The van der Waals surface area contributed by atoms with Crippen molar-refractivity contribution in [3.8, 4) is 5.75 Å². The Labute approximate surface area is 125 Å². The van der Waals surface area contributed by atoms with E-state index in [1.54, 1.807) is 11.8 Å². The van der Waals surface area contributed by atoms with E-state index in [1.807, 2.05) is 12.1 Å². The summed E-state index contributed by atoms with van der Waals surface area (Å²) in [7, 11) is 0. The molecular formula is C13H8BrNO2S2. The molecule has 19 heavy (non-hydrogen) atoms. The number of aromatic amines is 1. The Kier molecular flexibility index (Phi) is 2.65. The van der Waals surface area contributed by atoms with Crippen LogP contribution in [-0.4, -0.2) is 11.6 Å². The lowest BCUT2D eigenvalue weighted by Crippen LogP contribution is -2.19. The van der Waals surface area contributed by atoms with E-state index in [1.165, 1.54) is 16.9 Å². The SMILES string of the molecule is O=c1[nH]c2c(s1)[C@H]1C(=CS2)COc2ccc(Br)cc21. The molecular weight excluding hydrogens is 346 g/mol. The number of ether oxygens (including phenoxy) is 1. The van der Waals surface area contributed by atoms with E-state index in [0.29, 0.717) is 6.61 Å². The molecule has 1 atom stereocenters. The molecule has 0 fully saturated rings. The lowest BCUT2D eigenvalue weighted by atomic mass is 9.88. The highest BCUT2D eigenvalue weighted by Gasteiger charge is 2.33. The van der Waals surface area contributed by atoms with Crippen molar-refractivity contribution >= 4 is 39.0 Å². The summed E-state index contributed by atoms with van der Waals surface area (Å²) in [6.07, 6.45) is 0. The van der Waals surface area contributed by atoms with Crippen LogP contribution in [0.15, 0.2) is 43.5 Å². The number of thioether (sulfide) groups is 1. The van der Waals surface area contributed by atoms with Crippen molar-refractivity contribution < 1.29 is 4.74 Å². The first-order valence-corrected chi connectivity index (χ1v) is 8.22. The van der Waals surface area contributed by atoms with Crippen LogP contribution in [0.4, 0.5) is 0 Å². The molecule has 2 aromatic rings. The van der Waals surface area contributed by atoms with Gasteiger partial charge in [-0.05, 0) is 29.2 Å². The summed E-state index contributed by atoms with van der Waals surface area (Å²) >= 11 is 6.38. The predicted octanol–water partition coefficient (Wildman–Crippen LogP) is 3.71. The Morgan fingerprint density at radius 3 is 3.21 bits per heavy atom. The second-order valence-corrected chi connectivity index (χ2v) is 7.23. The first-order valence-electron chi connectivity index (χ1n) is 5.73. The summed E-state index contributed by atoms with van der Waals surface area (Å²) < 4.78 is 6.81. The van der Waals surface area contributed by atoms with Gasteiger partial charge in [0.15, 0.2) is 0 Å². The zero-order valence-corrected chi connectivity index (χ0v) is 12.8. The molecule has 1 aromatic carbocycles. The van der Waals surface area contributed by atoms with Crippen LogP contribution >= 0.6 is 39.0 Å². The number of halogens is 1. The van der Waals surface area contributed by atoms with Gasteiger partial charge in [0.05, 0.1) is 9.90 Å². The summed E-state index contributed by atoms with van der Waals surface area (Å²) in [5.74, 6) is 1.06. The molecule has 96 valence electrons. The minimum atomic E-state index is 0.00943. The van der Waals surface area contributed by atoms with Gasteiger partial charge in [0, 0.05) is 16.0 Å². The van der Waals surface area contributed by atoms with Gasteiger partial charge in [-0.3, -0.25) is 4.79 Å². The number of hydrogen-bond acceptors (Lipinski definition) is 4. The van der Waals surface area contributed by atoms with Gasteiger partial charge in [-0.2, -0.15) is 0 Å². The molecule has 0 amide bonds. The Bertz CT molecular complexity index is 762. The van der Waals surface area contributed by atoms with Crippen LogP contribution in [0.3, 0.4) is 0 Å². The quantitative estimate of drug-likeness (QED) is 0.784. The second kappa shape index (κ2) is 4.26. The Morgan fingerprint density at radius 1 is 1.42 bits per heavy atom. The highest BCUT2D eigenvalue weighted by molar-refractivity contribution is 9.10. The van der Waals surface area contributed by atoms with Crippen LogP contribution in [0, 0.1) is 0 Å². The molecule has 0 unspecified atom stereocenters. The highest BCUT2D eigenvalue weighted by atomic mass is 79.9. The number of nitrogens with one attached hydrogen (secondary N) is 1. The number of rotatable bonds is 0. The largest absolute Gasteiger partial charge is 0.489 e.